The van der Waals surface area contributed by atoms with Crippen LogP contribution in [-0.2, 0) is 9.30 Å². The first-order valence-corrected chi connectivity index (χ1v) is 13.4. The molecule has 33 heavy (non-hydrogen) atoms. The van der Waals surface area contributed by atoms with Gasteiger partial charge in [0.15, 0.2) is 0 Å². The summed E-state index contributed by atoms with van der Waals surface area (Å²) in [6.07, 6.45) is 4.71. The molecule has 1 aliphatic rings. The van der Waals surface area contributed by atoms with Crippen LogP contribution in [0.25, 0.3) is 0 Å². The Morgan fingerprint density at radius 3 is 2.06 bits per heavy atom. The molecule has 3 aromatic rings. The van der Waals surface area contributed by atoms with Crippen LogP contribution in [-0.4, -0.2) is 13.1 Å². The predicted molar refractivity (Wildman–Crippen MR) is 135 cm³/mol. The maximum atomic E-state index is 14.7. The van der Waals surface area contributed by atoms with Gasteiger partial charge in [-0.25, -0.2) is 4.79 Å². The van der Waals surface area contributed by atoms with E-state index in [9.17, 15) is 9.36 Å². The van der Waals surface area contributed by atoms with Crippen molar-refractivity contribution < 1.29 is 14.1 Å². The van der Waals surface area contributed by atoms with E-state index in [1.807, 2.05) is 72.8 Å². The van der Waals surface area contributed by atoms with Crippen LogP contribution in [0.4, 0.5) is 0 Å². The molecule has 1 saturated carbocycles. The number of methoxy groups -OCH3 is 1. The monoisotopic (exact) mass is 461 g/mol. The van der Waals surface area contributed by atoms with E-state index in [1.54, 1.807) is 12.1 Å². The van der Waals surface area contributed by atoms with Crippen LogP contribution in [0.1, 0.15) is 54.6 Å². The van der Waals surface area contributed by atoms with Crippen molar-refractivity contribution in [1.29, 1.82) is 0 Å². The molecule has 1 N–H and O–H groups in total. The third-order valence-electron chi connectivity index (χ3n) is 6.59. The van der Waals surface area contributed by atoms with E-state index in [0.29, 0.717) is 17.4 Å². The Morgan fingerprint density at radius 2 is 1.55 bits per heavy atom. The molecule has 4 nitrogen and oxygen atoms in total. The average molecular weight is 462 g/mol. The number of rotatable bonds is 10. The second kappa shape index (κ2) is 10.5. The van der Waals surface area contributed by atoms with Crippen molar-refractivity contribution in [2.75, 3.05) is 7.11 Å². The zero-order valence-corrected chi connectivity index (χ0v) is 20.2. The number of ether oxygens (including phenoxy) is 1. The van der Waals surface area contributed by atoms with Crippen LogP contribution in [0.15, 0.2) is 84.9 Å². The molecule has 0 spiro atoms. The molecule has 0 amide bonds. The fraction of sp³-hybridized carbons (Fsp3) is 0.321. The molecular formula is C28H32NO3P. The summed E-state index contributed by atoms with van der Waals surface area (Å²) in [5.41, 5.74) is 1.58. The number of nitrogens with one attached hydrogen (secondary N) is 1. The summed E-state index contributed by atoms with van der Waals surface area (Å²) < 4.78 is 19.5. The van der Waals surface area contributed by atoms with Crippen LogP contribution in [0.2, 0.25) is 0 Å². The van der Waals surface area contributed by atoms with Gasteiger partial charge in [0.25, 0.3) is 0 Å². The van der Waals surface area contributed by atoms with Gasteiger partial charge >= 0.3 is 5.97 Å². The number of carbonyl (C=O) groups excluding carboxylic acids is 1. The molecule has 0 bridgehead atoms. The first-order valence-electron chi connectivity index (χ1n) is 11.7. The molecule has 172 valence electrons. The van der Waals surface area contributed by atoms with Gasteiger partial charge < -0.3 is 4.74 Å². The summed E-state index contributed by atoms with van der Waals surface area (Å²) in [5.74, 6) is 0.696. The summed E-state index contributed by atoms with van der Waals surface area (Å²) in [6.45, 7) is 2.22. The second-order valence-electron chi connectivity index (χ2n) is 8.80. The molecule has 3 aromatic carbocycles. The highest BCUT2D eigenvalue weighted by molar-refractivity contribution is 7.76. The minimum absolute atomic E-state index is 0.0650. The molecule has 1 fully saturated rings. The Labute approximate surface area is 196 Å². The summed E-state index contributed by atoms with van der Waals surface area (Å²) >= 11 is 0. The number of esters is 1. The second-order valence-corrected chi connectivity index (χ2v) is 11.3. The van der Waals surface area contributed by atoms with Crippen molar-refractivity contribution in [2.45, 2.75) is 38.6 Å². The van der Waals surface area contributed by atoms with Gasteiger partial charge in [0.05, 0.1) is 12.7 Å². The fourth-order valence-electron chi connectivity index (χ4n) is 4.61. The molecule has 1 aliphatic carbocycles. The van der Waals surface area contributed by atoms with Gasteiger partial charge in [-0.1, -0.05) is 74.7 Å². The van der Waals surface area contributed by atoms with Gasteiger partial charge in [0, 0.05) is 16.7 Å². The molecule has 0 radical (unpaired) electrons. The maximum Gasteiger partial charge on any atom is 0.337 e. The molecule has 0 aromatic heterocycles. The Balaban J connectivity index is 1.71. The van der Waals surface area contributed by atoms with Crippen molar-refractivity contribution in [3.63, 3.8) is 0 Å². The van der Waals surface area contributed by atoms with Gasteiger partial charge in [-0.15, -0.1) is 0 Å². The lowest BCUT2D eigenvalue weighted by atomic mass is 9.99. The van der Waals surface area contributed by atoms with E-state index >= 15 is 0 Å². The summed E-state index contributed by atoms with van der Waals surface area (Å²) in [5, 5.41) is 5.26. The lowest BCUT2D eigenvalue weighted by Gasteiger charge is -2.28. The van der Waals surface area contributed by atoms with Crippen molar-refractivity contribution in [3.05, 3.63) is 96.1 Å². The third kappa shape index (κ3) is 5.29. The van der Waals surface area contributed by atoms with Gasteiger partial charge in [-0.3, -0.25) is 9.65 Å². The SMILES string of the molecule is CCCC[C@@H]1C[C@@H]1[C@@H](NP(=O)(c1ccccc1)c1ccccc1)c1ccc(C(=O)OC)cc1. The van der Waals surface area contributed by atoms with E-state index in [-0.39, 0.29) is 12.0 Å². The molecule has 0 unspecified atom stereocenters. The van der Waals surface area contributed by atoms with Gasteiger partial charge in [0.1, 0.15) is 0 Å². The third-order valence-corrected chi connectivity index (χ3v) is 9.28. The maximum absolute atomic E-state index is 14.7. The van der Waals surface area contributed by atoms with E-state index in [2.05, 4.69) is 12.0 Å². The molecule has 4 rings (SSSR count). The highest BCUT2D eigenvalue weighted by Crippen LogP contribution is 2.54. The van der Waals surface area contributed by atoms with Crippen molar-refractivity contribution in [2.24, 2.45) is 11.8 Å². The van der Waals surface area contributed by atoms with Crippen LogP contribution in [0.5, 0.6) is 0 Å². The van der Waals surface area contributed by atoms with Gasteiger partial charge in [0.2, 0.25) is 7.29 Å². The van der Waals surface area contributed by atoms with Crippen molar-refractivity contribution >= 4 is 23.9 Å². The number of benzene rings is 3. The average Bonchev–Trinajstić information content (AvgIpc) is 3.66. The largest absolute Gasteiger partial charge is 0.465 e. The fourth-order valence-corrected chi connectivity index (χ4v) is 7.12. The van der Waals surface area contributed by atoms with E-state index in [4.69, 9.17) is 4.74 Å². The lowest BCUT2D eigenvalue weighted by molar-refractivity contribution is 0.0600. The van der Waals surface area contributed by atoms with Gasteiger partial charge in [-0.2, -0.15) is 0 Å². The van der Waals surface area contributed by atoms with Crippen LogP contribution < -0.4 is 15.7 Å². The minimum atomic E-state index is -3.09. The number of carbonyl (C=O) groups is 1. The number of unbranched alkanes of at least 4 members (excludes halogenated alkanes) is 1. The van der Waals surface area contributed by atoms with Crippen molar-refractivity contribution in [1.82, 2.24) is 5.09 Å². The zero-order chi connectivity index (χ0) is 23.3. The lowest BCUT2D eigenvalue weighted by Crippen LogP contribution is -2.32. The topological polar surface area (TPSA) is 55.4 Å². The Morgan fingerprint density at radius 1 is 0.970 bits per heavy atom. The number of hydrogen-bond donors (Lipinski definition) is 1. The molecule has 0 aliphatic heterocycles. The Kier molecular flexibility index (Phi) is 7.47. The molecule has 0 heterocycles. The summed E-state index contributed by atoms with van der Waals surface area (Å²) in [6, 6.07) is 26.9. The normalized spacial score (nSPS) is 18.5. The molecular weight excluding hydrogens is 429 g/mol. The molecule has 5 heteroatoms. The van der Waals surface area contributed by atoms with Crippen LogP contribution >= 0.6 is 7.29 Å². The van der Waals surface area contributed by atoms with E-state index < -0.39 is 7.29 Å². The van der Waals surface area contributed by atoms with E-state index in [0.717, 1.165) is 22.6 Å². The smallest absolute Gasteiger partial charge is 0.337 e. The Bertz CT molecular complexity index is 1060. The van der Waals surface area contributed by atoms with Crippen LogP contribution in [0.3, 0.4) is 0 Å². The standard InChI is InChI=1S/C28H32NO3P/c1-3-4-11-23-20-26(23)27(21-16-18-22(19-17-21)28(30)32-2)29-33(31,24-12-7-5-8-13-24)25-14-9-6-10-15-25/h5-10,12-19,23,26-27H,3-4,11,20H2,1-2H3,(H,29,31)/t23-,26+,27+/m1/s1. The van der Waals surface area contributed by atoms with Crippen molar-refractivity contribution in [3.8, 4) is 0 Å². The Hall–Kier alpha value is -2.68. The molecule has 3 atom stereocenters. The first kappa shape index (κ1) is 23.5. The van der Waals surface area contributed by atoms with E-state index in [1.165, 1.54) is 26.4 Å². The quantitative estimate of drug-likeness (QED) is 0.304. The van der Waals surface area contributed by atoms with Crippen LogP contribution in [0, 0.1) is 11.8 Å². The van der Waals surface area contributed by atoms with Gasteiger partial charge in [-0.05, 0) is 60.2 Å². The highest BCUT2D eigenvalue weighted by Gasteiger charge is 2.45. The summed E-state index contributed by atoms with van der Waals surface area (Å²) in [7, 11) is -1.70. The zero-order valence-electron chi connectivity index (χ0n) is 19.3. The summed E-state index contributed by atoms with van der Waals surface area (Å²) in [4.78, 5) is 11.9. The predicted octanol–water partition coefficient (Wildman–Crippen LogP) is 5.86. The first-order chi connectivity index (χ1) is 16.1. The highest BCUT2D eigenvalue weighted by atomic mass is 31.2. The minimum Gasteiger partial charge on any atom is -0.465 e. The molecule has 0 saturated heterocycles. The number of hydrogen-bond acceptors (Lipinski definition) is 3.